The first-order chi connectivity index (χ1) is 14.1. The van der Waals surface area contributed by atoms with Crippen LogP contribution >= 0.6 is 11.6 Å². The summed E-state index contributed by atoms with van der Waals surface area (Å²) in [7, 11) is 0. The summed E-state index contributed by atoms with van der Waals surface area (Å²) in [5.74, 6) is -0.0288. The molecule has 1 N–H and O–H groups in total. The number of nitrogens with zero attached hydrogens (tertiary/aromatic N) is 5. The van der Waals surface area contributed by atoms with Crippen molar-refractivity contribution in [1.29, 1.82) is 0 Å². The number of amides is 1. The molecule has 2 aromatic carbocycles. The van der Waals surface area contributed by atoms with Crippen LogP contribution in [0.3, 0.4) is 0 Å². The Hall–Kier alpha value is -2.90. The maximum absolute atomic E-state index is 12.7. The van der Waals surface area contributed by atoms with Crippen molar-refractivity contribution in [1.82, 2.24) is 19.7 Å². The Morgan fingerprint density at radius 1 is 1.03 bits per heavy atom. The number of halogens is 1. The first kappa shape index (κ1) is 19.4. The molecule has 0 radical (unpaired) electrons. The Kier molecular flexibility index (Phi) is 5.78. The molecule has 0 saturated carbocycles. The van der Waals surface area contributed by atoms with E-state index in [1.807, 2.05) is 54.6 Å². The molecule has 29 heavy (non-hydrogen) atoms. The van der Waals surface area contributed by atoms with E-state index in [1.165, 1.54) is 11.0 Å². The highest BCUT2D eigenvalue weighted by Crippen LogP contribution is 2.20. The lowest BCUT2D eigenvalue weighted by atomic mass is 10.1. The molecule has 2 heterocycles. The minimum absolute atomic E-state index is 0.158. The van der Waals surface area contributed by atoms with Gasteiger partial charge in [0.1, 0.15) is 6.33 Å². The zero-order valence-electron chi connectivity index (χ0n) is 15.9. The fraction of sp³-hybridized carbons (Fsp3) is 0.286. The van der Waals surface area contributed by atoms with Crippen LogP contribution in [0, 0.1) is 0 Å². The van der Waals surface area contributed by atoms with Gasteiger partial charge in [0.25, 0.3) is 5.91 Å². The standard InChI is InChI=1S/C21H22ClN5O2/c22-17-6-8-18(9-7-17)25-10-12-26(13-11-25)21(29)20-23-15-27(24-20)14-19(28)16-4-2-1-3-5-16/h1-9,15,19,28H,10-14H2. The highest BCUT2D eigenvalue weighted by atomic mass is 35.5. The Bertz CT molecular complexity index is 953. The third-order valence-electron chi connectivity index (χ3n) is 5.03. The fourth-order valence-electron chi connectivity index (χ4n) is 3.40. The number of benzene rings is 2. The van der Waals surface area contributed by atoms with Gasteiger partial charge in [-0.2, -0.15) is 0 Å². The van der Waals surface area contributed by atoms with Crippen molar-refractivity contribution in [3.8, 4) is 0 Å². The molecule has 1 unspecified atom stereocenters. The van der Waals surface area contributed by atoms with Crippen molar-refractivity contribution in [3.63, 3.8) is 0 Å². The summed E-state index contributed by atoms with van der Waals surface area (Å²) < 4.78 is 1.51. The van der Waals surface area contributed by atoms with Gasteiger partial charge in [-0.15, -0.1) is 5.10 Å². The largest absolute Gasteiger partial charge is 0.386 e. The van der Waals surface area contributed by atoms with Crippen molar-refractivity contribution in [2.75, 3.05) is 31.1 Å². The van der Waals surface area contributed by atoms with Gasteiger partial charge < -0.3 is 14.9 Å². The number of rotatable bonds is 5. The van der Waals surface area contributed by atoms with Crippen molar-refractivity contribution in [2.24, 2.45) is 0 Å². The van der Waals surface area contributed by atoms with E-state index in [9.17, 15) is 9.90 Å². The Labute approximate surface area is 174 Å². The number of aliphatic hydroxyl groups excluding tert-OH is 1. The number of hydrogen-bond acceptors (Lipinski definition) is 5. The molecule has 1 aliphatic rings. The molecule has 1 amide bonds. The monoisotopic (exact) mass is 411 g/mol. The van der Waals surface area contributed by atoms with Gasteiger partial charge in [0.05, 0.1) is 12.6 Å². The zero-order chi connectivity index (χ0) is 20.2. The Balaban J connectivity index is 1.34. The molecule has 8 heteroatoms. The number of carbonyl (C=O) groups excluding carboxylic acids is 1. The normalized spacial score (nSPS) is 15.4. The second kappa shape index (κ2) is 8.63. The van der Waals surface area contributed by atoms with E-state index in [2.05, 4.69) is 15.0 Å². The highest BCUT2D eigenvalue weighted by Gasteiger charge is 2.25. The van der Waals surface area contributed by atoms with Crippen LogP contribution in [0.4, 0.5) is 5.69 Å². The van der Waals surface area contributed by atoms with Crippen molar-refractivity contribution in [2.45, 2.75) is 12.6 Å². The van der Waals surface area contributed by atoms with Gasteiger partial charge in [-0.25, -0.2) is 9.67 Å². The average Bonchev–Trinajstić information content (AvgIpc) is 3.23. The lowest BCUT2D eigenvalue weighted by Gasteiger charge is -2.35. The zero-order valence-corrected chi connectivity index (χ0v) is 16.6. The fourth-order valence-corrected chi connectivity index (χ4v) is 3.53. The molecular weight excluding hydrogens is 390 g/mol. The summed E-state index contributed by atoms with van der Waals surface area (Å²) in [4.78, 5) is 20.9. The lowest BCUT2D eigenvalue weighted by molar-refractivity contribution is 0.0733. The van der Waals surface area contributed by atoms with Crippen molar-refractivity contribution in [3.05, 3.63) is 77.3 Å². The summed E-state index contributed by atoms with van der Waals surface area (Å²) in [6, 6.07) is 17.1. The molecular formula is C21H22ClN5O2. The van der Waals surface area contributed by atoms with Gasteiger partial charge in [0.2, 0.25) is 5.82 Å². The molecule has 4 rings (SSSR count). The molecule has 1 aliphatic heterocycles. The molecule has 1 aromatic heterocycles. The number of aromatic nitrogens is 3. The molecule has 3 aromatic rings. The highest BCUT2D eigenvalue weighted by molar-refractivity contribution is 6.30. The number of hydrogen-bond donors (Lipinski definition) is 1. The van der Waals surface area contributed by atoms with Crippen LogP contribution in [0.15, 0.2) is 60.9 Å². The smallest absolute Gasteiger partial charge is 0.293 e. The maximum Gasteiger partial charge on any atom is 0.293 e. The second-order valence-electron chi connectivity index (χ2n) is 6.97. The van der Waals surface area contributed by atoms with Gasteiger partial charge in [0, 0.05) is 36.9 Å². The SMILES string of the molecule is O=C(c1ncn(CC(O)c2ccccc2)n1)N1CCN(c2ccc(Cl)cc2)CC1. The average molecular weight is 412 g/mol. The summed E-state index contributed by atoms with van der Waals surface area (Å²) in [5.41, 5.74) is 1.90. The third-order valence-corrected chi connectivity index (χ3v) is 5.28. The van der Waals surface area contributed by atoms with Crippen molar-refractivity contribution >= 4 is 23.2 Å². The topological polar surface area (TPSA) is 74.5 Å². The first-order valence-corrected chi connectivity index (χ1v) is 9.90. The molecule has 1 saturated heterocycles. The van der Waals surface area contributed by atoms with Crippen LogP contribution in [0.2, 0.25) is 5.02 Å². The Morgan fingerprint density at radius 2 is 1.72 bits per heavy atom. The molecule has 1 atom stereocenters. The molecule has 1 fully saturated rings. The van der Waals surface area contributed by atoms with Crippen LogP contribution in [-0.2, 0) is 6.54 Å². The van der Waals surface area contributed by atoms with Crippen LogP contribution < -0.4 is 4.90 Å². The predicted molar refractivity (Wildman–Crippen MR) is 111 cm³/mol. The number of aliphatic hydroxyl groups is 1. The minimum atomic E-state index is -0.705. The van der Waals surface area contributed by atoms with Gasteiger partial charge in [-0.05, 0) is 29.8 Å². The number of carbonyl (C=O) groups is 1. The second-order valence-corrected chi connectivity index (χ2v) is 7.41. The summed E-state index contributed by atoms with van der Waals surface area (Å²) in [6.07, 6.45) is 0.785. The van der Waals surface area contributed by atoms with E-state index >= 15 is 0 Å². The number of piperazine rings is 1. The molecule has 0 bridgehead atoms. The van der Waals surface area contributed by atoms with E-state index in [-0.39, 0.29) is 18.3 Å². The van der Waals surface area contributed by atoms with E-state index in [1.54, 1.807) is 4.90 Å². The minimum Gasteiger partial charge on any atom is -0.386 e. The van der Waals surface area contributed by atoms with Crippen molar-refractivity contribution < 1.29 is 9.90 Å². The van der Waals surface area contributed by atoms with Crippen LogP contribution in [-0.4, -0.2) is 56.9 Å². The maximum atomic E-state index is 12.7. The van der Waals surface area contributed by atoms with Crippen LogP contribution in [0.25, 0.3) is 0 Å². The quantitative estimate of drug-likeness (QED) is 0.698. The first-order valence-electron chi connectivity index (χ1n) is 9.52. The van der Waals surface area contributed by atoms with E-state index in [0.717, 1.165) is 24.3 Å². The van der Waals surface area contributed by atoms with Gasteiger partial charge >= 0.3 is 0 Å². The summed E-state index contributed by atoms with van der Waals surface area (Å²) in [5, 5.41) is 15.3. The summed E-state index contributed by atoms with van der Waals surface area (Å²) >= 11 is 5.95. The van der Waals surface area contributed by atoms with E-state index in [4.69, 9.17) is 11.6 Å². The molecule has 0 spiro atoms. The van der Waals surface area contributed by atoms with Gasteiger partial charge in [-0.1, -0.05) is 41.9 Å². The molecule has 0 aliphatic carbocycles. The molecule has 7 nitrogen and oxygen atoms in total. The summed E-state index contributed by atoms with van der Waals surface area (Å²) in [6.45, 7) is 2.92. The molecule has 150 valence electrons. The van der Waals surface area contributed by atoms with Gasteiger partial charge in [0.15, 0.2) is 0 Å². The van der Waals surface area contributed by atoms with E-state index in [0.29, 0.717) is 18.1 Å². The Morgan fingerprint density at radius 3 is 2.41 bits per heavy atom. The number of anilines is 1. The van der Waals surface area contributed by atoms with Crippen LogP contribution in [0.1, 0.15) is 22.3 Å². The van der Waals surface area contributed by atoms with Crippen LogP contribution in [0.5, 0.6) is 0 Å². The van der Waals surface area contributed by atoms with Gasteiger partial charge in [-0.3, -0.25) is 4.79 Å². The predicted octanol–water partition coefficient (Wildman–Crippen LogP) is 2.63. The third kappa shape index (κ3) is 4.58. The lowest BCUT2D eigenvalue weighted by Crippen LogP contribution is -2.49. The van der Waals surface area contributed by atoms with E-state index < -0.39 is 6.10 Å².